The van der Waals surface area contributed by atoms with Crippen LogP contribution in [0.2, 0.25) is 0 Å². The number of carbonyl (C=O) groups is 3. The quantitative estimate of drug-likeness (QED) is 0.308. The van der Waals surface area contributed by atoms with Gasteiger partial charge in [-0.05, 0) is 19.9 Å². The molecule has 2 aromatic rings. The Kier molecular flexibility index (Phi) is 5.89. The average Bonchev–Trinajstić information content (AvgIpc) is 3.10. The number of Topliss-reactive ketones (excluding diaryl/α,β-unsaturated/α-hetero) is 1. The van der Waals surface area contributed by atoms with Crippen LogP contribution in [-0.2, 0) is 20.7 Å². The molecule has 0 spiro atoms. The van der Waals surface area contributed by atoms with Crippen LogP contribution in [0.25, 0.3) is 0 Å². The molecule has 0 saturated carbocycles. The smallest absolute Gasteiger partial charge is 0.202 e. The molecule has 0 bridgehead atoms. The lowest BCUT2D eigenvalue weighted by Gasteiger charge is -2.39. The number of ketones is 3. The zero-order valence-corrected chi connectivity index (χ0v) is 20.3. The van der Waals surface area contributed by atoms with Crippen LogP contribution < -0.4 is 10.5 Å². The summed E-state index contributed by atoms with van der Waals surface area (Å²) in [5, 5.41) is 44.3. The fourth-order valence-corrected chi connectivity index (χ4v) is 5.42. The average molecular weight is 513 g/mol. The number of phenolic OH excluding ortho intramolecular Hbond substituents is 2. The van der Waals surface area contributed by atoms with Gasteiger partial charge < -0.3 is 40.4 Å². The van der Waals surface area contributed by atoms with Crippen molar-refractivity contribution in [2.75, 3.05) is 7.11 Å². The highest BCUT2D eigenvalue weighted by Crippen LogP contribution is 2.52. The number of nitrogens with two attached hydrogens (primary N) is 1. The molecule has 1 fully saturated rings. The number of rotatable bonds is 4. The Morgan fingerprint density at radius 2 is 1.81 bits per heavy atom. The molecule has 1 heterocycles. The van der Waals surface area contributed by atoms with Crippen molar-refractivity contribution in [2.45, 2.75) is 62.9 Å². The lowest BCUT2D eigenvalue weighted by molar-refractivity contribution is -0.203. The number of hydrogen-bond acceptors (Lipinski definition) is 11. The molecule has 196 valence electrons. The summed E-state index contributed by atoms with van der Waals surface area (Å²) in [5.74, 6) is -3.31. The second-order valence-electron chi connectivity index (χ2n) is 9.75. The van der Waals surface area contributed by atoms with Gasteiger partial charge in [0.05, 0.1) is 42.0 Å². The largest absolute Gasteiger partial charge is 0.507 e. The number of ether oxygens (including phenoxy) is 3. The molecule has 3 aliphatic rings. The molecule has 11 heteroatoms. The van der Waals surface area contributed by atoms with Crippen molar-refractivity contribution in [1.29, 1.82) is 0 Å². The maximum absolute atomic E-state index is 13.6. The van der Waals surface area contributed by atoms with Crippen LogP contribution in [0.3, 0.4) is 0 Å². The van der Waals surface area contributed by atoms with Crippen LogP contribution in [0.15, 0.2) is 18.2 Å². The molecule has 2 aliphatic carbocycles. The summed E-state index contributed by atoms with van der Waals surface area (Å²) < 4.78 is 16.8. The summed E-state index contributed by atoms with van der Waals surface area (Å²) in [4.78, 5) is 39.5. The highest BCUT2D eigenvalue weighted by Gasteiger charge is 2.50. The van der Waals surface area contributed by atoms with Crippen molar-refractivity contribution >= 4 is 17.3 Å². The number of aromatic hydroxyl groups is 2. The summed E-state index contributed by atoms with van der Waals surface area (Å²) in [6.07, 6.45) is -5.26. The first-order valence-electron chi connectivity index (χ1n) is 11.8. The monoisotopic (exact) mass is 513 g/mol. The van der Waals surface area contributed by atoms with Gasteiger partial charge in [-0.2, -0.15) is 0 Å². The lowest BCUT2D eigenvalue weighted by Crippen LogP contribution is -2.46. The summed E-state index contributed by atoms with van der Waals surface area (Å²) in [5.41, 5.74) is 2.69. The van der Waals surface area contributed by atoms with Crippen LogP contribution in [-0.4, -0.2) is 75.0 Å². The molecule has 0 aromatic heterocycles. The maximum atomic E-state index is 13.6. The minimum atomic E-state index is -2.03. The molecule has 0 radical (unpaired) electrons. The third-order valence-corrected chi connectivity index (χ3v) is 7.59. The van der Waals surface area contributed by atoms with Crippen molar-refractivity contribution in [1.82, 2.24) is 0 Å². The fourth-order valence-electron chi connectivity index (χ4n) is 5.42. The van der Waals surface area contributed by atoms with E-state index in [-0.39, 0.29) is 34.4 Å². The number of methoxy groups -OCH3 is 1. The van der Waals surface area contributed by atoms with E-state index in [1.165, 1.54) is 25.3 Å². The molecule has 0 unspecified atom stereocenters. The highest BCUT2D eigenvalue weighted by atomic mass is 16.7. The maximum Gasteiger partial charge on any atom is 0.202 e. The van der Waals surface area contributed by atoms with E-state index < -0.39 is 82.6 Å². The van der Waals surface area contributed by atoms with Gasteiger partial charge in [-0.1, -0.05) is 12.1 Å². The van der Waals surface area contributed by atoms with E-state index in [1.807, 2.05) is 0 Å². The van der Waals surface area contributed by atoms with Gasteiger partial charge in [-0.3, -0.25) is 14.4 Å². The Morgan fingerprint density at radius 1 is 1.14 bits per heavy atom. The van der Waals surface area contributed by atoms with E-state index >= 15 is 0 Å². The van der Waals surface area contributed by atoms with E-state index in [0.717, 1.165) is 6.92 Å². The Labute approximate surface area is 211 Å². The van der Waals surface area contributed by atoms with Crippen LogP contribution in [0, 0.1) is 0 Å². The Bertz CT molecular complexity index is 1350. The lowest BCUT2D eigenvalue weighted by atomic mass is 9.72. The molecule has 6 N–H and O–H groups in total. The Morgan fingerprint density at radius 3 is 2.41 bits per heavy atom. The van der Waals surface area contributed by atoms with Crippen molar-refractivity contribution in [3.05, 3.63) is 51.6 Å². The SMILES string of the molecule is COc1cccc2c1C(=O)c1c(O)c3c(c(O)c1C2=O)C[C@@](O)(C(C)=O)C[C@@H]3O[C@H]1O[C@H](C)[C@@H](N)[C@H]1O. The summed E-state index contributed by atoms with van der Waals surface area (Å²) in [6.45, 7) is 2.79. The van der Waals surface area contributed by atoms with Gasteiger partial charge in [0.1, 0.15) is 29.0 Å². The van der Waals surface area contributed by atoms with E-state index in [9.17, 15) is 34.8 Å². The van der Waals surface area contributed by atoms with Crippen LogP contribution in [0.4, 0.5) is 0 Å². The second-order valence-corrected chi connectivity index (χ2v) is 9.75. The van der Waals surface area contributed by atoms with Crippen molar-refractivity contribution in [3.63, 3.8) is 0 Å². The number of phenols is 2. The topological polar surface area (TPSA) is 186 Å². The normalized spacial score (nSPS) is 30.5. The van der Waals surface area contributed by atoms with Gasteiger partial charge in [0.15, 0.2) is 17.9 Å². The minimum Gasteiger partial charge on any atom is -0.507 e. The molecule has 11 nitrogen and oxygen atoms in total. The predicted molar refractivity (Wildman–Crippen MR) is 126 cm³/mol. The van der Waals surface area contributed by atoms with Crippen LogP contribution >= 0.6 is 0 Å². The summed E-state index contributed by atoms with van der Waals surface area (Å²) in [7, 11) is 1.33. The summed E-state index contributed by atoms with van der Waals surface area (Å²) >= 11 is 0. The molecule has 1 saturated heterocycles. The van der Waals surface area contributed by atoms with Gasteiger partial charge in [0.25, 0.3) is 0 Å². The first kappa shape index (κ1) is 25.3. The van der Waals surface area contributed by atoms with Crippen LogP contribution in [0.1, 0.15) is 69.3 Å². The third-order valence-electron chi connectivity index (χ3n) is 7.59. The predicted octanol–water partition coefficient (Wildman–Crippen LogP) is 0.639. The van der Waals surface area contributed by atoms with E-state index in [1.54, 1.807) is 6.92 Å². The molecule has 0 amide bonds. The standard InChI is InChI=1S/C26H27NO10/c1-9-19(27)24(33)25(36-9)37-14-8-26(34,10(2)28)7-12-16(14)23(32)18-17(21(12)30)20(29)11-5-4-6-13(35-3)15(11)22(18)31/h4-6,9,14,19,24-25,30,32-34H,7-8,27H2,1-3H3/t9-,14+,19-,24-,25-,26+/m1/s1. The van der Waals surface area contributed by atoms with E-state index in [4.69, 9.17) is 19.9 Å². The van der Waals surface area contributed by atoms with E-state index in [2.05, 4.69) is 0 Å². The zero-order valence-electron chi connectivity index (χ0n) is 20.3. The molecule has 5 rings (SSSR count). The number of fused-ring (bicyclic) bond motifs is 3. The first-order valence-corrected chi connectivity index (χ1v) is 11.8. The van der Waals surface area contributed by atoms with Crippen molar-refractivity contribution < 1.29 is 49.0 Å². The van der Waals surface area contributed by atoms with Crippen molar-refractivity contribution in [3.8, 4) is 17.2 Å². The van der Waals surface area contributed by atoms with Gasteiger partial charge in [0.2, 0.25) is 5.78 Å². The molecule has 2 aromatic carbocycles. The minimum absolute atomic E-state index is 0.0256. The van der Waals surface area contributed by atoms with Crippen LogP contribution in [0.5, 0.6) is 17.2 Å². The number of hydrogen-bond donors (Lipinski definition) is 5. The second kappa shape index (κ2) is 8.61. The van der Waals surface area contributed by atoms with Gasteiger partial charge in [-0.25, -0.2) is 0 Å². The molecule has 37 heavy (non-hydrogen) atoms. The fraction of sp³-hybridized carbons (Fsp3) is 0.423. The number of aliphatic hydroxyl groups excluding tert-OH is 1. The number of aliphatic hydroxyl groups is 2. The summed E-state index contributed by atoms with van der Waals surface area (Å²) in [6, 6.07) is 3.62. The number of benzene rings is 2. The van der Waals surface area contributed by atoms with E-state index in [0.29, 0.717) is 0 Å². The highest BCUT2D eigenvalue weighted by molar-refractivity contribution is 6.31. The third kappa shape index (κ3) is 3.57. The molecular weight excluding hydrogens is 486 g/mol. The number of carbonyl (C=O) groups excluding carboxylic acids is 3. The Hall–Kier alpha value is -3.35. The Balaban J connectivity index is 1.72. The van der Waals surface area contributed by atoms with Crippen molar-refractivity contribution in [2.24, 2.45) is 5.73 Å². The van der Waals surface area contributed by atoms with Gasteiger partial charge in [-0.15, -0.1) is 0 Å². The molecule has 6 atom stereocenters. The molecular formula is C26H27NO10. The first-order chi connectivity index (χ1) is 17.4. The van der Waals surface area contributed by atoms with Gasteiger partial charge in [0, 0.05) is 29.5 Å². The zero-order chi connectivity index (χ0) is 27.0. The van der Waals surface area contributed by atoms with Gasteiger partial charge >= 0.3 is 0 Å². The molecule has 1 aliphatic heterocycles.